The quantitative estimate of drug-likeness (QED) is 0.665. The van der Waals surface area contributed by atoms with Crippen molar-refractivity contribution in [2.75, 3.05) is 6.54 Å². The number of carbonyl (C=O) groups excluding carboxylic acids is 1. The van der Waals surface area contributed by atoms with Crippen LogP contribution in [0, 0.1) is 0 Å². The molecule has 5 heteroatoms. The Hall–Kier alpha value is -0.650. The van der Waals surface area contributed by atoms with Crippen molar-refractivity contribution < 1.29 is 4.79 Å². The summed E-state index contributed by atoms with van der Waals surface area (Å²) in [5.41, 5.74) is 9.28. The van der Waals surface area contributed by atoms with Gasteiger partial charge in [0.05, 0.1) is 0 Å². The van der Waals surface area contributed by atoms with E-state index in [2.05, 4.69) is 29.6 Å². The molecule has 1 amide bonds. The van der Waals surface area contributed by atoms with Crippen molar-refractivity contribution in [1.82, 2.24) is 15.8 Å². The molecule has 2 rings (SSSR count). The topological polar surface area (TPSA) is 70.4 Å². The van der Waals surface area contributed by atoms with Crippen molar-refractivity contribution in [3.63, 3.8) is 0 Å². The number of nitrogens with two attached hydrogens (primary N) is 1. The van der Waals surface area contributed by atoms with Crippen LogP contribution in [0.5, 0.6) is 0 Å². The number of amides is 1. The van der Waals surface area contributed by atoms with Crippen LogP contribution >= 0.6 is 0 Å². The number of hydrogen-bond donors (Lipinski definition) is 3. The highest BCUT2D eigenvalue weighted by Crippen LogP contribution is 2.21. The van der Waals surface area contributed by atoms with E-state index in [1.54, 1.807) is 0 Å². The zero-order valence-electron chi connectivity index (χ0n) is 12.2. The summed E-state index contributed by atoms with van der Waals surface area (Å²) in [6.07, 6.45) is 6.45. The van der Waals surface area contributed by atoms with Crippen LogP contribution in [-0.2, 0) is 4.79 Å². The lowest BCUT2D eigenvalue weighted by molar-refractivity contribution is -0.122. The molecular formula is C14H28N4O. The first kappa shape index (κ1) is 14.8. The summed E-state index contributed by atoms with van der Waals surface area (Å²) in [6.45, 7) is 4.97. The summed E-state index contributed by atoms with van der Waals surface area (Å²) in [7, 11) is 0. The van der Waals surface area contributed by atoms with Crippen LogP contribution in [-0.4, -0.2) is 41.6 Å². The third-order valence-electron chi connectivity index (χ3n) is 4.18. The molecule has 0 bridgehead atoms. The van der Waals surface area contributed by atoms with Gasteiger partial charge in [0.15, 0.2) is 0 Å². The zero-order valence-corrected chi connectivity index (χ0v) is 12.2. The maximum atomic E-state index is 11.8. The molecule has 0 radical (unpaired) electrons. The van der Waals surface area contributed by atoms with E-state index in [0.29, 0.717) is 31.1 Å². The van der Waals surface area contributed by atoms with Gasteiger partial charge in [-0.15, -0.1) is 0 Å². The monoisotopic (exact) mass is 268 g/mol. The molecular weight excluding hydrogens is 240 g/mol. The molecule has 1 aliphatic heterocycles. The van der Waals surface area contributed by atoms with Crippen LogP contribution in [0.1, 0.15) is 52.4 Å². The van der Waals surface area contributed by atoms with Gasteiger partial charge in [0.1, 0.15) is 0 Å². The number of hydrogen-bond acceptors (Lipinski definition) is 4. The van der Waals surface area contributed by atoms with Crippen LogP contribution in [0.25, 0.3) is 0 Å². The summed E-state index contributed by atoms with van der Waals surface area (Å²) in [5.74, 6) is 0.128. The van der Waals surface area contributed by atoms with Gasteiger partial charge >= 0.3 is 0 Å². The Kier molecular flexibility index (Phi) is 5.19. The maximum absolute atomic E-state index is 11.8. The Morgan fingerprint density at radius 3 is 2.42 bits per heavy atom. The summed E-state index contributed by atoms with van der Waals surface area (Å²) < 4.78 is 0. The highest BCUT2D eigenvalue weighted by molar-refractivity contribution is 5.77. The van der Waals surface area contributed by atoms with Crippen molar-refractivity contribution >= 4 is 5.91 Å². The van der Waals surface area contributed by atoms with Gasteiger partial charge in [-0.3, -0.25) is 4.79 Å². The van der Waals surface area contributed by atoms with Crippen molar-refractivity contribution in [2.45, 2.75) is 76.5 Å². The average molecular weight is 268 g/mol. The fourth-order valence-electron chi connectivity index (χ4n) is 2.81. The van der Waals surface area contributed by atoms with Crippen molar-refractivity contribution in [3.8, 4) is 0 Å². The lowest BCUT2D eigenvalue weighted by Crippen LogP contribution is -2.57. The third kappa shape index (κ3) is 4.44. The summed E-state index contributed by atoms with van der Waals surface area (Å²) >= 11 is 0. The molecule has 3 atom stereocenters. The molecule has 0 aromatic carbocycles. The minimum Gasteiger partial charge on any atom is -0.353 e. The minimum absolute atomic E-state index is 0.0433. The maximum Gasteiger partial charge on any atom is 0.221 e. The molecule has 1 heterocycles. The van der Waals surface area contributed by atoms with Gasteiger partial charge in [-0.2, -0.15) is 0 Å². The van der Waals surface area contributed by atoms with E-state index in [1.807, 2.05) is 0 Å². The first-order chi connectivity index (χ1) is 9.10. The van der Waals surface area contributed by atoms with E-state index in [0.717, 1.165) is 12.8 Å². The van der Waals surface area contributed by atoms with E-state index in [1.165, 1.54) is 19.3 Å². The fourth-order valence-corrected chi connectivity index (χ4v) is 2.81. The molecule has 4 N–H and O–H groups in total. The number of nitrogens with one attached hydrogen (secondary N) is 2. The number of hydrazine groups is 1. The van der Waals surface area contributed by atoms with Gasteiger partial charge in [-0.05, 0) is 39.5 Å². The van der Waals surface area contributed by atoms with Crippen LogP contribution < -0.4 is 16.5 Å². The second-order valence-corrected chi connectivity index (χ2v) is 6.14. The zero-order chi connectivity index (χ0) is 13.8. The third-order valence-corrected chi connectivity index (χ3v) is 4.18. The smallest absolute Gasteiger partial charge is 0.221 e. The number of rotatable bonds is 6. The minimum atomic E-state index is 0.0433. The molecule has 2 fully saturated rings. The van der Waals surface area contributed by atoms with Gasteiger partial charge in [0.25, 0.3) is 0 Å². The van der Waals surface area contributed by atoms with E-state index in [-0.39, 0.29) is 11.9 Å². The molecule has 110 valence electrons. The van der Waals surface area contributed by atoms with Crippen molar-refractivity contribution in [3.05, 3.63) is 0 Å². The molecule has 0 spiro atoms. The van der Waals surface area contributed by atoms with E-state index in [9.17, 15) is 4.79 Å². The standard InChI is InChI=1S/C14H28N4O/c1-10-4-3-5-11(2)18(10)17-13(9-15)8-14(19)16-12-6-7-12/h10-13,17H,3-9,15H2,1-2H3,(H,16,19). The highest BCUT2D eigenvalue weighted by Gasteiger charge is 2.28. The number of carbonyl (C=O) groups is 1. The van der Waals surface area contributed by atoms with Crippen LogP contribution in [0.4, 0.5) is 0 Å². The summed E-state index contributed by atoms with van der Waals surface area (Å²) in [5, 5.41) is 5.32. The van der Waals surface area contributed by atoms with Gasteiger partial charge in [-0.1, -0.05) is 6.42 Å². The first-order valence-corrected chi connectivity index (χ1v) is 7.64. The van der Waals surface area contributed by atoms with Gasteiger partial charge in [0.2, 0.25) is 5.91 Å². The molecule has 3 unspecified atom stereocenters. The lowest BCUT2D eigenvalue weighted by Gasteiger charge is -2.41. The average Bonchev–Trinajstić information content (AvgIpc) is 3.16. The predicted octanol–water partition coefficient (Wildman–Crippen LogP) is 0.750. The highest BCUT2D eigenvalue weighted by atomic mass is 16.1. The van der Waals surface area contributed by atoms with Crippen LogP contribution in [0.2, 0.25) is 0 Å². The number of nitrogens with zero attached hydrogens (tertiary/aromatic N) is 1. The molecule has 19 heavy (non-hydrogen) atoms. The van der Waals surface area contributed by atoms with Crippen molar-refractivity contribution in [1.29, 1.82) is 0 Å². The SMILES string of the molecule is CC1CCCC(C)N1NC(CN)CC(=O)NC1CC1. The first-order valence-electron chi connectivity index (χ1n) is 7.64. The largest absolute Gasteiger partial charge is 0.353 e. The van der Waals surface area contributed by atoms with Gasteiger partial charge in [0, 0.05) is 37.1 Å². The Morgan fingerprint density at radius 1 is 1.26 bits per heavy atom. The van der Waals surface area contributed by atoms with E-state index < -0.39 is 0 Å². The van der Waals surface area contributed by atoms with E-state index in [4.69, 9.17) is 5.73 Å². The molecule has 5 nitrogen and oxygen atoms in total. The van der Waals surface area contributed by atoms with E-state index >= 15 is 0 Å². The fraction of sp³-hybridized carbons (Fsp3) is 0.929. The van der Waals surface area contributed by atoms with Crippen molar-refractivity contribution in [2.24, 2.45) is 5.73 Å². The molecule has 2 aliphatic rings. The Balaban J connectivity index is 1.80. The molecule has 1 aliphatic carbocycles. The van der Waals surface area contributed by atoms with Gasteiger partial charge < -0.3 is 11.1 Å². The van der Waals surface area contributed by atoms with Gasteiger partial charge in [-0.25, -0.2) is 10.4 Å². The predicted molar refractivity (Wildman–Crippen MR) is 76.4 cm³/mol. The molecule has 0 aromatic rings. The van der Waals surface area contributed by atoms with Crippen LogP contribution in [0.3, 0.4) is 0 Å². The van der Waals surface area contributed by atoms with Crippen LogP contribution in [0.15, 0.2) is 0 Å². The Morgan fingerprint density at radius 2 is 1.89 bits per heavy atom. The Bertz CT molecular complexity index is 296. The second kappa shape index (κ2) is 6.68. The molecule has 0 aromatic heterocycles. The molecule has 1 saturated carbocycles. The lowest BCUT2D eigenvalue weighted by atomic mass is 9.99. The Labute approximate surface area is 116 Å². The normalized spacial score (nSPS) is 30.1. The second-order valence-electron chi connectivity index (χ2n) is 6.14. The summed E-state index contributed by atoms with van der Waals surface area (Å²) in [4.78, 5) is 11.8. The molecule has 1 saturated heterocycles. The summed E-state index contributed by atoms with van der Waals surface area (Å²) in [6, 6.07) is 1.51. The number of piperidine rings is 1.